The van der Waals surface area contributed by atoms with Crippen LogP contribution in [0, 0.1) is 6.92 Å². The Morgan fingerprint density at radius 3 is 3.00 bits per heavy atom. The number of rotatable bonds is 3. The lowest BCUT2D eigenvalue weighted by atomic mass is 9.97. The molecule has 0 aliphatic carbocycles. The second-order valence-corrected chi connectivity index (χ2v) is 5.19. The van der Waals surface area contributed by atoms with Crippen LogP contribution in [-0.4, -0.2) is 40.9 Å². The van der Waals surface area contributed by atoms with Crippen molar-refractivity contribution in [3.63, 3.8) is 0 Å². The molecule has 1 saturated heterocycles. The zero-order valence-corrected chi connectivity index (χ0v) is 11.6. The Balaban J connectivity index is 2.39. The number of nitrogens with zero attached hydrogens (tertiary/aromatic N) is 2. The van der Waals surface area contributed by atoms with Crippen molar-refractivity contribution in [1.29, 1.82) is 0 Å². The fraction of sp³-hybridized carbons (Fsp3) is 0.615. The summed E-state index contributed by atoms with van der Waals surface area (Å²) in [5.41, 5.74) is -0.0106. The van der Waals surface area contributed by atoms with E-state index in [1.807, 2.05) is 6.92 Å². The Morgan fingerprint density at radius 2 is 2.37 bits per heavy atom. The van der Waals surface area contributed by atoms with E-state index < -0.39 is 5.54 Å². The molecule has 0 saturated carbocycles. The summed E-state index contributed by atoms with van der Waals surface area (Å²) >= 11 is 0. The normalized spacial score (nSPS) is 22.8. The lowest BCUT2D eigenvalue weighted by molar-refractivity contribution is -0.134. The quantitative estimate of drug-likeness (QED) is 0.814. The predicted octanol–water partition coefficient (Wildman–Crippen LogP) is 0.135. The molecule has 1 amide bonds. The number of hydrogen-bond acceptors (Lipinski definition) is 4. The summed E-state index contributed by atoms with van der Waals surface area (Å²) in [5, 5.41) is 2.87. The molecule has 2 rings (SSSR count). The van der Waals surface area contributed by atoms with E-state index in [0.717, 1.165) is 12.8 Å². The third-order valence-corrected chi connectivity index (χ3v) is 3.65. The molecule has 1 aromatic rings. The fourth-order valence-corrected chi connectivity index (χ4v) is 2.69. The number of amides is 1. The van der Waals surface area contributed by atoms with Crippen LogP contribution in [0.15, 0.2) is 10.9 Å². The second kappa shape index (κ2) is 5.13. The number of hydrogen-bond donors (Lipinski definition) is 2. The van der Waals surface area contributed by atoms with Gasteiger partial charge in [0.1, 0.15) is 5.82 Å². The number of carbonyl (C=O) groups excluding carboxylic acids is 1. The van der Waals surface area contributed by atoms with E-state index in [2.05, 4.69) is 15.3 Å². The first-order valence-corrected chi connectivity index (χ1v) is 6.51. The number of carbonyl (C=O) groups is 1. The van der Waals surface area contributed by atoms with Crippen molar-refractivity contribution >= 4 is 5.91 Å². The van der Waals surface area contributed by atoms with Gasteiger partial charge in [0.15, 0.2) is 0 Å². The Labute approximate surface area is 112 Å². The third-order valence-electron chi connectivity index (χ3n) is 3.65. The Bertz CT molecular complexity index is 540. The number of likely N-dealkylation sites (tertiary alicyclic amines) is 1. The van der Waals surface area contributed by atoms with Crippen molar-refractivity contribution in [2.24, 2.45) is 0 Å². The number of aryl methyl sites for hydroxylation is 1. The SMILES string of the molecule is CNCC(=O)N1CCC[C@]1(C)c1nc(C)cc(=O)[nH]1. The molecule has 1 fully saturated rings. The molecule has 6 heteroatoms. The molecule has 0 bridgehead atoms. The number of nitrogens with one attached hydrogen (secondary N) is 2. The van der Waals surface area contributed by atoms with Crippen LogP contribution in [0.25, 0.3) is 0 Å². The molecule has 1 aromatic heterocycles. The van der Waals surface area contributed by atoms with Crippen molar-refractivity contribution in [3.05, 3.63) is 27.9 Å². The number of aromatic nitrogens is 2. The van der Waals surface area contributed by atoms with Gasteiger partial charge in [-0.2, -0.15) is 0 Å². The van der Waals surface area contributed by atoms with Gasteiger partial charge in [-0.1, -0.05) is 0 Å². The van der Waals surface area contributed by atoms with Gasteiger partial charge in [-0.15, -0.1) is 0 Å². The molecular weight excluding hydrogens is 244 g/mol. The van der Waals surface area contributed by atoms with Crippen LogP contribution >= 0.6 is 0 Å². The second-order valence-electron chi connectivity index (χ2n) is 5.19. The predicted molar refractivity (Wildman–Crippen MR) is 71.8 cm³/mol. The lowest BCUT2D eigenvalue weighted by Gasteiger charge is -2.34. The minimum atomic E-state index is -0.515. The summed E-state index contributed by atoms with van der Waals surface area (Å²) in [4.78, 5) is 32.7. The maximum atomic E-state index is 12.1. The molecular formula is C13H20N4O2. The van der Waals surface area contributed by atoms with Crippen molar-refractivity contribution in [3.8, 4) is 0 Å². The first-order chi connectivity index (χ1) is 8.97. The van der Waals surface area contributed by atoms with Gasteiger partial charge in [-0.05, 0) is 33.7 Å². The highest BCUT2D eigenvalue weighted by molar-refractivity contribution is 5.79. The highest BCUT2D eigenvalue weighted by Gasteiger charge is 2.42. The molecule has 1 atom stereocenters. The minimum absolute atomic E-state index is 0.0339. The third kappa shape index (κ3) is 2.53. The number of aromatic amines is 1. The van der Waals surface area contributed by atoms with Crippen LogP contribution in [0.4, 0.5) is 0 Å². The molecule has 6 nitrogen and oxygen atoms in total. The van der Waals surface area contributed by atoms with Crippen LogP contribution in [0.1, 0.15) is 31.3 Å². The van der Waals surface area contributed by atoms with E-state index in [1.54, 1.807) is 18.9 Å². The monoisotopic (exact) mass is 264 g/mol. The smallest absolute Gasteiger partial charge is 0.251 e. The summed E-state index contributed by atoms with van der Waals surface area (Å²) in [6, 6.07) is 1.46. The maximum Gasteiger partial charge on any atom is 0.251 e. The van der Waals surface area contributed by atoms with E-state index >= 15 is 0 Å². The van der Waals surface area contributed by atoms with E-state index in [4.69, 9.17) is 0 Å². The van der Waals surface area contributed by atoms with Gasteiger partial charge < -0.3 is 15.2 Å². The zero-order chi connectivity index (χ0) is 14.0. The Kier molecular flexibility index (Phi) is 3.71. The summed E-state index contributed by atoms with van der Waals surface area (Å²) in [5.74, 6) is 0.617. The summed E-state index contributed by atoms with van der Waals surface area (Å²) in [6.45, 7) is 4.75. The zero-order valence-electron chi connectivity index (χ0n) is 11.6. The minimum Gasteiger partial charge on any atom is -0.329 e. The summed E-state index contributed by atoms with van der Waals surface area (Å²) < 4.78 is 0. The highest BCUT2D eigenvalue weighted by Crippen LogP contribution is 2.36. The van der Waals surface area contributed by atoms with Crippen LogP contribution in [0.3, 0.4) is 0 Å². The molecule has 0 radical (unpaired) electrons. The molecule has 104 valence electrons. The summed E-state index contributed by atoms with van der Waals surface area (Å²) in [7, 11) is 1.75. The van der Waals surface area contributed by atoms with Crippen LogP contribution in [0.2, 0.25) is 0 Å². The first kappa shape index (κ1) is 13.7. The van der Waals surface area contributed by atoms with Crippen molar-refractivity contribution in [2.75, 3.05) is 20.1 Å². The van der Waals surface area contributed by atoms with Crippen molar-refractivity contribution in [2.45, 2.75) is 32.2 Å². The molecule has 2 N–H and O–H groups in total. The maximum absolute atomic E-state index is 12.1. The van der Waals surface area contributed by atoms with Crippen molar-refractivity contribution < 1.29 is 4.79 Å². The van der Waals surface area contributed by atoms with E-state index in [1.165, 1.54) is 6.07 Å². The van der Waals surface area contributed by atoms with Gasteiger partial charge in [0.05, 0.1) is 12.1 Å². The molecule has 2 heterocycles. The molecule has 19 heavy (non-hydrogen) atoms. The van der Waals surface area contributed by atoms with E-state index in [9.17, 15) is 9.59 Å². The largest absolute Gasteiger partial charge is 0.329 e. The molecule has 1 aliphatic heterocycles. The first-order valence-electron chi connectivity index (χ1n) is 6.51. The topological polar surface area (TPSA) is 78.1 Å². The van der Waals surface area contributed by atoms with Gasteiger partial charge in [-0.25, -0.2) is 4.98 Å². The molecule has 0 spiro atoms. The number of likely N-dealkylation sites (N-methyl/N-ethyl adjacent to an activating group) is 1. The van der Waals surface area contributed by atoms with Gasteiger partial charge in [0.2, 0.25) is 5.91 Å². The number of H-pyrrole nitrogens is 1. The molecule has 0 aromatic carbocycles. The Hall–Kier alpha value is -1.69. The summed E-state index contributed by atoms with van der Waals surface area (Å²) in [6.07, 6.45) is 1.73. The molecule has 0 unspecified atom stereocenters. The van der Waals surface area contributed by atoms with Crippen LogP contribution < -0.4 is 10.9 Å². The highest BCUT2D eigenvalue weighted by atomic mass is 16.2. The van der Waals surface area contributed by atoms with E-state index in [0.29, 0.717) is 24.6 Å². The van der Waals surface area contributed by atoms with Gasteiger partial charge in [0.25, 0.3) is 5.56 Å². The lowest BCUT2D eigenvalue weighted by Crippen LogP contribution is -2.47. The standard InChI is InChI=1S/C13H20N4O2/c1-9-7-10(18)16-12(15-9)13(2)5-4-6-17(13)11(19)8-14-3/h7,14H,4-6,8H2,1-3H3,(H,15,16,18)/t13-/m1/s1. The van der Waals surface area contributed by atoms with Crippen LogP contribution in [-0.2, 0) is 10.3 Å². The average Bonchev–Trinajstić information content (AvgIpc) is 2.72. The van der Waals surface area contributed by atoms with Gasteiger partial charge >= 0.3 is 0 Å². The van der Waals surface area contributed by atoms with Crippen molar-refractivity contribution in [1.82, 2.24) is 20.2 Å². The van der Waals surface area contributed by atoms with Crippen LogP contribution in [0.5, 0.6) is 0 Å². The van der Waals surface area contributed by atoms with E-state index in [-0.39, 0.29) is 11.5 Å². The average molecular weight is 264 g/mol. The van der Waals surface area contributed by atoms with Gasteiger partial charge in [-0.3, -0.25) is 9.59 Å². The Morgan fingerprint density at radius 1 is 1.63 bits per heavy atom. The van der Waals surface area contributed by atoms with Gasteiger partial charge in [0, 0.05) is 18.3 Å². The fourth-order valence-electron chi connectivity index (χ4n) is 2.69. The molecule has 1 aliphatic rings.